The normalized spacial score (nSPS) is 11.3. The van der Waals surface area contributed by atoms with E-state index >= 15 is 0 Å². The first-order chi connectivity index (χ1) is 9.57. The molecule has 0 bridgehead atoms. The number of benzene rings is 1. The first-order valence-electron chi connectivity index (χ1n) is 6.65. The molecule has 0 aromatic heterocycles. The Labute approximate surface area is 119 Å². The number of hydrogen-bond acceptors (Lipinski definition) is 5. The summed E-state index contributed by atoms with van der Waals surface area (Å²) in [4.78, 5) is 12.3. The van der Waals surface area contributed by atoms with Crippen molar-refractivity contribution in [2.24, 2.45) is 0 Å². The van der Waals surface area contributed by atoms with Gasteiger partial charge in [-0.2, -0.15) is 0 Å². The third-order valence-electron chi connectivity index (χ3n) is 2.52. The van der Waals surface area contributed by atoms with Crippen molar-refractivity contribution in [2.45, 2.75) is 26.7 Å². The second kappa shape index (κ2) is 8.20. The molecular formula is C14H21O5P. The standard InChI is InChI=1S/C14H21O5P/c1-4-10-18-20(16,19-11-5-2)14(15)12-6-8-13(17-3)9-7-12/h6-9H,4-5,10-11H2,1-3H3. The topological polar surface area (TPSA) is 61.8 Å². The number of hydrogen-bond donors (Lipinski definition) is 0. The molecule has 0 fully saturated rings. The smallest absolute Gasteiger partial charge is 0.401 e. The maximum Gasteiger partial charge on any atom is 0.401 e. The van der Waals surface area contributed by atoms with Gasteiger partial charge < -0.3 is 13.8 Å². The zero-order valence-electron chi connectivity index (χ0n) is 12.1. The molecule has 112 valence electrons. The predicted octanol–water partition coefficient (Wildman–Crippen LogP) is 3.88. The first-order valence-corrected chi connectivity index (χ1v) is 8.19. The van der Waals surface area contributed by atoms with Crippen LogP contribution in [0.1, 0.15) is 37.0 Å². The van der Waals surface area contributed by atoms with Crippen LogP contribution < -0.4 is 4.74 Å². The van der Waals surface area contributed by atoms with Gasteiger partial charge in [-0.15, -0.1) is 0 Å². The predicted molar refractivity (Wildman–Crippen MR) is 77.4 cm³/mol. The molecular weight excluding hydrogens is 279 g/mol. The van der Waals surface area contributed by atoms with Crippen molar-refractivity contribution in [1.29, 1.82) is 0 Å². The van der Waals surface area contributed by atoms with Crippen LogP contribution in [0.4, 0.5) is 0 Å². The van der Waals surface area contributed by atoms with E-state index in [0.717, 1.165) is 0 Å². The minimum atomic E-state index is -3.77. The van der Waals surface area contributed by atoms with Gasteiger partial charge in [-0.25, -0.2) is 0 Å². The van der Waals surface area contributed by atoms with Crippen molar-refractivity contribution in [3.05, 3.63) is 29.8 Å². The van der Waals surface area contributed by atoms with Crippen molar-refractivity contribution in [2.75, 3.05) is 20.3 Å². The van der Waals surface area contributed by atoms with Crippen LogP contribution in [0.15, 0.2) is 24.3 Å². The Kier molecular flexibility index (Phi) is 6.93. The molecule has 0 aliphatic heterocycles. The Morgan fingerprint density at radius 3 is 1.95 bits per heavy atom. The van der Waals surface area contributed by atoms with Gasteiger partial charge in [-0.3, -0.25) is 9.36 Å². The molecule has 0 atom stereocenters. The summed E-state index contributed by atoms with van der Waals surface area (Å²) < 4.78 is 28.0. The van der Waals surface area contributed by atoms with Crippen molar-refractivity contribution in [3.8, 4) is 5.75 Å². The summed E-state index contributed by atoms with van der Waals surface area (Å²) in [6.45, 7) is 4.20. The molecule has 5 nitrogen and oxygen atoms in total. The number of ether oxygens (including phenoxy) is 1. The SMILES string of the molecule is CCCOP(=O)(OCCC)C(=O)c1ccc(OC)cc1. The van der Waals surface area contributed by atoms with E-state index in [-0.39, 0.29) is 13.2 Å². The van der Waals surface area contributed by atoms with E-state index in [4.69, 9.17) is 13.8 Å². The van der Waals surface area contributed by atoms with Gasteiger partial charge in [0.1, 0.15) is 5.75 Å². The highest BCUT2D eigenvalue weighted by atomic mass is 31.2. The van der Waals surface area contributed by atoms with Crippen molar-refractivity contribution in [3.63, 3.8) is 0 Å². The maximum absolute atomic E-state index is 12.6. The largest absolute Gasteiger partial charge is 0.497 e. The van der Waals surface area contributed by atoms with Crippen molar-refractivity contribution in [1.82, 2.24) is 0 Å². The second-order valence-corrected chi connectivity index (χ2v) is 6.12. The highest BCUT2D eigenvalue weighted by Gasteiger charge is 2.35. The lowest BCUT2D eigenvalue weighted by Gasteiger charge is -2.16. The van der Waals surface area contributed by atoms with Crippen LogP contribution in [0.3, 0.4) is 0 Å². The fraction of sp³-hybridized carbons (Fsp3) is 0.500. The molecule has 0 radical (unpaired) electrons. The average Bonchev–Trinajstić information content (AvgIpc) is 2.50. The maximum atomic E-state index is 12.6. The minimum Gasteiger partial charge on any atom is -0.497 e. The minimum absolute atomic E-state index is 0.225. The van der Waals surface area contributed by atoms with Gasteiger partial charge in [0.05, 0.1) is 20.3 Å². The lowest BCUT2D eigenvalue weighted by atomic mass is 10.2. The lowest BCUT2D eigenvalue weighted by molar-refractivity contribution is 0.0994. The number of rotatable bonds is 9. The molecule has 1 rings (SSSR count). The molecule has 0 aliphatic carbocycles. The Bertz CT molecular complexity index is 457. The molecule has 1 aromatic carbocycles. The molecule has 0 spiro atoms. The molecule has 0 saturated heterocycles. The summed E-state index contributed by atoms with van der Waals surface area (Å²) in [5.74, 6) is 0.625. The third-order valence-corrected chi connectivity index (χ3v) is 4.32. The van der Waals surface area contributed by atoms with Gasteiger partial charge in [-0.1, -0.05) is 13.8 Å². The zero-order chi connectivity index (χ0) is 15.0. The fourth-order valence-corrected chi connectivity index (χ4v) is 3.09. The molecule has 6 heteroatoms. The Morgan fingerprint density at radius 1 is 1.05 bits per heavy atom. The molecule has 0 N–H and O–H groups in total. The van der Waals surface area contributed by atoms with Crippen LogP contribution in [0.25, 0.3) is 0 Å². The van der Waals surface area contributed by atoms with Gasteiger partial charge in [0.2, 0.25) is 0 Å². The van der Waals surface area contributed by atoms with E-state index < -0.39 is 13.1 Å². The van der Waals surface area contributed by atoms with Gasteiger partial charge >= 0.3 is 7.60 Å². The van der Waals surface area contributed by atoms with E-state index in [1.54, 1.807) is 24.3 Å². The third kappa shape index (κ3) is 4.44. The number of methoxy groups -OCH3 is 1. The quantitative estimate of drug-likeness (QED) is 0.648. The van der Waals surface area contributed by atoms with Crippen molar-refractivity contribution < 1.29 is 23.1 Å². The zero-order valence-corrected chi connectivity index (χ0v) is 13.0. The van der Waals surface area contributed by atoms with Crippen LogP contribution in [0, 0.1) is 0 Å². The summed E-state index contributed by atoms with van der Waals surface area (Å²) >= 11 is 0. The van der Waals surface area contributed by atoms with E-state index in [2.05, 4.69) is 0 Å². The Hall–Kier alpha value is -1.16. The van der Waals surface area contributed by atoms with Gasteiger partial charge in [0.15, 0.2) is 0 Å². The summed E-state index contributed by atoms with van der Waals surface area (Å²) in [6.07, 6.45) is 1.32. The summed E-state index contributed by atoms with van der Waals surface area (Å²) in [5, 5.41) is 0. The number of carbonyl (C=O) groups is 1. The van der Waals surface area contributed by atoms with Gasteiger partial charge in [0, 0.05) is 5.56 Å². The molecule has 0 unspecified atom stereocenters. The van der Waals surface area contributed by atoms with E-state index in [9.17, 15) is 9.36 Å². The lowest BCUT2D eigenvalue weighted by Crippen LogP contribution is -2.08. The van der Waals surface area contributed by atoms with Crippen LogP contribution in [-0.4, -0.2) is 25.8 Å². The molecule has 0 heterocycles. The number of carbonyl (C=O) groups excluding carboxylic acids is 1. The molecule has 0 saturated carbocycles. The van der Waals surface area contributed by atoms with E-state index in [1.807, 2.05) is 13.8 Å². The van der Waals surface area contributed by atoms with Crippen molar-refractivity contribution >= 4 is 13.1 Å². The molecule has 1 aromatic rings. The van der Waals surface area contributed by atoms with E-state index in [0.29, 0.717) is 24.2 Å². The summed E-state index contributed by atoms with van der Waals surface area (Å²) in [6, 6.07) is 6.38. The second-order valence-electron chi connectivity index (χ2n) is 4.20. The Morgan fingerprint density at radius 2 is 1.55 bits per heavy atom. The van der Waals surface area contributed by atoms with Crippen LogP contribution in [0.2, 0.25) is 0 Å². The average molecular weight is 300 g/mol. The highest BCUT2D eigenvalue weighted by molar-refractivity contribution is 7.72. The molecule has 0 amide bonds. The molecule has 0 aliphatic rings. The summed E-state index contributed by atoms with van der Waals surface area (Å²) in [5.41, 5.74) is -0.316. The first kappa shape index (κ1) is 16.9. The fourth-order valence-electron chi connectivity index (χ4n) is 1.47. The van der Waals surface area contributed by atoms with Gasteiger partial charge in [-0.05, 0) is 37.1 Å². The monoisotopic (exact) mass is 300 g/mol. The summed E-state index contributed by atoms with van der Waals surface area (Å²) in [7, 11) is -2.23. The Balaban J connectivity index is 2.93. The highest BCUT2D eigenvalue weighted by Crippen LogP contribution is 2.51. The molecule has 20 heavy (non-hydrogen) atoms. The van der Waals surface area contributed by atoms with Crippen LogP contribution in [0.5, 0.6) is 5.75 Å². The van der Waals surface area contributed by atoms with Crippen LogP contribution >= 0.6 is 7.60 Å². The van der Waals surface area contributed by atoms with Crippen LogP contribution in [-0.2, 0) is 13.6 Å². The van der Waals surface area contributed by atoms with Gasteiger partial charge in [0.25, 0.3) is 5.52 Å². The van der Waals surface area contributed by atoms with E-state index in [1.165, 1.54) is 7.11 Å².